The number of carbonyl (C=O) groups is 2. The van der Waals surface area contributed by atoms with Crippen molar-refractivity contribution in [1.82, 2.24) is 5.43 Å². The normalized spacial score (nSPS) is 10.0. The topological polar surface area (TPSA) is 75.4 Å². The maximum Gasteiger partial charge on any atom is 0.338 e. The van der Waals surface area contributed by atoms with Gasteiger partial charge in [-0.3, -0.25) is 10.2 Å². The Hall–Kier alpha value is -2.53. The molecule has 2 aromatic rings. The summed E-state index contributed by atoms with van der Waals surface area (Å²) in [5, 5.41) is 1.50. The van der Waals surface area contributed by atoms with E-state index in [-0.39, 0.29) is 0 Å². The van der Waals surface area contributed by atoms with E-state index < -0.39 is 11.9 Å². The Bertz CT molecular complexity index is 671. The molecule has 0 unspecified atom stereocenters. The number of benzene rings is 2. The Morgan fingerprint density at radius 2 is 1.71 bits per heavy atom. The second kappa shape index (κ2) is 6.28. The van der Waals surface area contributed by atoms with Gasteiger partial charge in [0, 0.05) is 10.6 Å². The van der Waals surface area contributed by atoms with E-state index in [1.165, 1.54) is 0 Å². The second-order valence-electron chi connectivity index (χ2n) is 4.41. The molecule has 3 amide bonds. The predicted octanol–water partition coefficient (Wildman–Crippen LogP) is 2.88. The van der Waals surface area contributed by atoms with Crippen LogP contribution in [0.4, 0.5) is 10.5 Å². The summed E-state index contributed by atoms with van der Waals surface area (Å²) in [5.41, 5.74) is 9.49. The third kappa shape index (κ3) is 3.52. The first-order valence-electron chi connectivity index (χ1n) is 6.21. The monoisotopic (exact) mass is 303 g/mol. The van der Waals surface area contributed by atoms with Crippen LogP contribution in [0.15, 0.2) is 48.5 Å². The number of anilines is 1. The first kappa shape index (κ1) is 14.9. The molecule has 2 aromatic carbocycles. The van der Waals surface area contributed by atoms with Gasteiger partial charge < -0.3 is 5.73 Å². The minimum atomic E-state index is -0.792. The van der Waals surface area contributed by atoms with Gasteiger partial charge in [0.15, 0.2) is 0 Å². The average molecular weight is 304 g/mol. The molecule has 0 aliphatic carbocycles. The molecule has 3 N–H and O–H groups in total. The number of nitrogens with two attached hydrogens (primary N) is 1. The number of hydrazine groups is 1. The van der Waals surface area contributed by atoms with Crippen LogP contribution in [0.1, 0.15) is 15.9 Å². The number of rotatable bonds is 2. The maximum absolute atomic E-state index is 12.2. The minimum Gasteiger partial charge on any atom is -0.350 e. The van der Waals surface area contributed by atoms with Gasteiger partial charge >= 0.3 is 6.03 Å². The van der Waals surface area contributed by atoms with Crippen molar-refractivity contribution < 1.29 is 9.59 Å². The Morgan fingerprint density at radius 3 is 2.29 bits per heavy atom. The zero-order valence-corrected chi connectivity index (χ0v) is 12.1. The molecular formula is C15H14ClN3O2. The van der Waals surface area contributed by atoms with Crippen molar-refractivity contribution in [2.45, 2.75) is 6.92 Å². The summed E-state index contributed by atoms with van der Waals surface area (Å²) >= 11 is 5.80. The van der Waals surface area contributed by atoms with Gasteiger partial charge in [-0.25, -0.2) is 9.80 Å². The lowest BCUT2D eigenvalue weighted by atomic mass is 10.1. The molecule has 6 heteroatoms. The molecular weight excluding hydrogens is 290 g/mol. The Labute approximate surface area is 127 Å². The lowest BCUT2D eigenvalue weighted by Crippen LogP contribution is -2.49. The fourth-order valence-corrected chi connectivity index (χ4v) is 1.95. The number of aryl methyl sites for hydroxylation is 1. The van der Waals surface area contributed by atoms with E-state index in [1.54, 1.807) is 36.4 Å². The fourth-order valence-electron chi connectivity index (χ4n) is 1.83. The summed E-state index contributed by atoms with van der Waals surface area (Å²) in [5.74, 6) is -0.415. The van der Waals surface area contributed by atoms with Crippen LogP contribution in [0.25, 0.3) is 0 Å². The summed E-state index contributed by atoms with van der Waals surface area (Å²) in [6.07, 6.45) is 0. The van der Waals surface area contributed by atoms with Crippen molar-refractivity contribution in [3.8, 4) is 0 Å². The van der Waals surface area contributed by atoms with Crippen molar-refractivity contribution in [3.05, 3.63) is 64.7 Å². The van der Waals surface area contributed by atoms with Crippen molar-refractivity contribution >= 4 is 29.2 Å². The molecule has 0 bridgehead atoms. The van der Waals surface area contributed by atoms with Crippen LogP contribution in [0.3, 0.4) is 0 Å². The van der Waals surface area contributed by atoms with Gasteiger partial charge in [0.25, 0.3) is 5.91 Å². The highest BCUT2D eigenvalue weighted by molar-refractivity contribution is 6.30. The number of hydrogen-bond acceptors (Lipinski definition) is 2. The van der Waals surface area contributed by atoms with Crippen LogP contribution in [-0.4, -0.2) is 11.9 Å². The number of amides is 3. The number of hydrogen-bond donors (Lipinski definition) is 2. The summed E-state index contributed by atoms with van der Waals surface area (Å²) in [6.45, 7) is 1.81. The first-order chi connectivity index (χ1) is 9.99. The molecule has 0 radical (unpaired) electrons. The Kier molecular flexibility index (Phi) is 4.45. The third-order valence-electron chi connectivity index (χ3n) is 2.91. The molecule has 0 aromatic heterocycles. The van der Waals surface area contributed by atoms with Crippen molar-refractivity contribution in [2.75, 3.05) is 5.01 Å². The largest absolute Gasteiger partial charge is 0.350 e. The molecule has 0 saturated heterocycles. The van der Waals surface area contributed by atoms with E-state index in [9.17, 15) is 9.59 Å². The molecule has 0 fully saturated rings. The SMILES string of the molecule is Cc1ccccc1C(=O)NN(C(N)=O)c1ccc(Cl)cc1. The van der Waals surface area contributed by atoms with E-state index in [4.69, 9.17) is 17.3 Å². The third-order valence-corrected chi connectivity index (χ3v) is 3.16. The van der Waals surface area contributed by atoms with E-state index >= 15 is 0 Å². The molecule has 0 saturated carbocycles. The van der Waals surface area contributed by atoms with Crippen LogP contribution in [0, 0.1) is 6.92 Å². The van der Waals surface area contributed by atoms with Crippen LogP contribution in [0.5, 0.6) is 0 Å². The molecule has 5 nitrogen and oxygen atoms in total. The summed E-state index contributed by atoms with van der Waals surface area (Å²) in [6, 6.07) is 12.7. The van der Waals surface area contributed by atoms with Crippen LogP contribution in [-0.2, 0) is 0 Å². The first-order valence-corrected chi connectivity index (χ1v) is 6.58. The number of urea groups is 1. The summed E-state index contributed by atoms with van der Waals surface area (Å²) in [4.78, 5) is 23.8. The van der Waals surface area contributed by atoms with Gasteiger partial charge in [-0.05, 0) is 42.8 Å². The summed E-state index contributed by atoms with van der Waals surface area (Å²) in [7, 11) is 0. The van der Waals surface area contributed by atoms with Crippen LogP contribution >= 0.6 is 11.6 Å². The van der Waals surface area contributed by atoms with Crippen molar-refractivity contribution in [3.63, 3.8) is 0 Å². The average Bonchev–Trinajstić information content (AvgIpc) is 2.46. The van der Waals surface area contributed by atoms with Gasteiger partial charge in [0.1, 0.15) is 0 Å². The maximum atomic E-state index is 12.2. The summed E-state index contributed by atoms with van der Waals surface area (Å²) < 4.78 is 0. The zero-order chi connectivity index (χ0) is 15.4. The lowest BCUT2D eigenvalue weighted by molar-refractivity contribution is 0.0950. The van der Waals surface area contributed by atoms with E-state index in [2.05, 4.69) is 5.43 Å². The highest BCUT2D eigenvalue weighted by Gasteiger charge is 2.17. The number of carbonyl (C=O) groups excluding carboxylic acids is 2. The highest BCUT2D eigenvalue weighted by atomic mass is 35.5. The Morgan fingerprint density at radius 1 is 1.10 bits per heavy atom. The molecule has 0 aliphatic rings. The molecule has 2 rings (SSSR count). The number of halogens is 1. The van der Waals surface area contributed by atoms with Gasteiger partial charge in [-0.15, -0.1) is 0 Å². The highest BCUT2D eigenvalue weighted by Crippen LogP contribution is 2.17. The molecule has 0 heterocycles. The quantitative estimate of drug-likeness (QED) is 0.837. The zero-order valence-electron chi connectivity index (χ0n) is 11.3. The molecule has 0 atom stereocenters. The number of primary amides is 1. The van der Waals surface area contributed by atoms with Crippen molar-refractivity contribution in [1.29, 1.82) is 0 Å². The number of nitrogens with zero attached hydrogens (tertiary/aromatic N) is 1. The van der Waals surface area contributed by atoms with Gasteiger partial charge in [-0.2, -0.15) is 0 Å². The van der Waals surface area contributed by atoms with Crippen molar-refractivity contribution in [2.24, 2.45) is 5.73 Å². The molecule has 0 aliphatic heterocycles. The van der Waals surface area contributed by atoms with E-state index in [0.717, 1.165) is 10.6 Å². The van der Waals surface area contributed by atoms with Crippen LogP contribution < -0.4 is 16.2 Å². The molecule has 0 spiro atoms. The fraction of sp³-hybridized carbons (Fsp3) is 0.0667. The van der Waals surface area contributed by atoms with E-state index in [0.29, 0.717) is 16.3 Å². The molecule has 108 valence electrons. The van der Waals surface area contributed by atoms with Gasteiger partial charge in [0.2, 0.25) is 0 Å². The van der Waals surface area contributed by atoms with Crippen LogP contribution in [0.2, 0.25) is 5.02 Å². The van der Waals surface area contributed by atoms with Gasteiger partial charge in [-0.1, -0.05) is 29.8 Å². The molecule has 21 heavy (non-hydrogen) atoms. The smallest absolute Gasteiger partial charge is 0.338 e. The predicted molar refractivity (Wildman–Crippen MR) is 82.2 cm³/mol. The Balaban J connectivity index is 2.25. The lowest BCUT2D eigenvalue weighted by Gasteiger charge is -2.21. The standard InChI is InChI=1S/C15H14ClN3O2/c1-10-4-2-3-5-13(10)14(20)18-19(15(17)21)12-8-6-11(16)7-9-12/h2-9H,1H3,(H2,17,21)(H,18,20). The minimum absolute atomic E-state index is 0.415. The second-order valence-corrected chi connectivity index (χ2v) is 4.84. The van der Waals surface area contributed by atoms with Gasteiger partial charge in [0.05, 0.1) is 5.69 Å². The number of nitrogens with one attached hydrogen (secondary N) is 1. The van der Waals surface area contributed by atoms with E-state index in [1.807, 2.05) is 19.1 Å².